The highest BCUT2D eigenvalue weighted by Gasteiger charge is 2.25. The minimum Gasteiger partial charge on any atom is -0.423 e. The first-order valence-electron chi connectivity index (χ1n) is 7.07. The summed E-state index contributed by atoms with van der Waals surface area (Å²) >= 11 is 0. The van der Waals surface area contributed by atoms with Gasteiger partial charge < -0.3 is 14.8 Å². The maximum atomic E-state index is 12.1. The lowest BCUT2D eigenvalue weighted by atomic mass is 10.1. The molecule has 1 fully saturated rings. The van der Waals surface area contributed by atoms with Crippen LogP contribution in [0.15, 0.2) is 35.1 Å². The predicted octanol–water partition coefficient (Wildman–Crippen LogP) is 1.63. The van der Waals surface area contributed by atoms with Crippen molar-refractivity contribution in [1.82, 2.24) is 15.5 Å². The molecule has 6 nitrogen and oxygen atoms in total. The Bertz CT molecular complexity index is 595. The summed E-state index contributed by atoms with van der Waals surface area (Å²) in [5.74, 6) is 0.467. The lowest BCUT2D eigenvalue weighted by Crippen LogP contribution is -2.32. The van der Waals surface area contributed by atoms with Crippen LogP contribution >= 0.6 is 0 Å². The van der Waals surface area contributed by atoms with E-state index < -0.39 is 0 Å². The molecule has 1 amide bonds. The lowest BCUT2D eigenvalue weighted by molar-refractivity contribution is 0.0917. The van der Waals surface area contributed by atoms with E-state index >= 15 is 0 Å². The van der Waals surface area contributed by atoms with Crippen LogP contribution < -0.4 is 5.32 Å². The summed E-state index contributed by atoms with van der Waals surface area (Å²) in [5, 5.41) is 20.0. The molecule has 2 unspecified atom stereocenters. The molecule has 2 aromatic rings. The van der Waals surface area contributed by atoms with Gasteiger partial charge in [0.15, 0.2) is 0 Å². The van der Waals surface area contributed by atoms with Crippen LogP contribution in [-0.2, 0) is 0 Å². The molecule has 2 atom stereocenters. The number of aliphatic hydroxyl groups excluding tert-OH is 1. The van der Waals surface area contributed by atoms with Gasteiger partial charge in [-0.05, 0) is 37.1 Å². The standard InChI is InChI=1S/C15H17N3O3/c19-13-3-1-2-12(13)8-16-14(20)10-4-6-11(7-5-10)15-18-17-9-21-15/h4-7,9,12-13,19H,1-3,8H2,(H,16,20). The SMILES string of the molecule is O=C(NCC1CCCC1O)c1ccc(-c2nnco2)cc1. The number of hydrogen-bond donors (Lipinski definition) is 2. The Hall–Kier alpha value is -2.21. The number of hydrogen-bond acceptors (Lipinski definition) is 5. The van der Waals surface area contributed by atoms with E-state index in [4.69, 9.17) is 4.42 Å². The normalized spacial score (nSPS) is 21.4. The van der Waals surface area contributed by atoms with Crippen molar-refractivity contribution in [1.29, 1.82) is 0 Å². The quantitative estimate of drug-likeness (QED) is 0.892. The molecule has 0 saturated heterocycles. The largest absolute Gasteiger partial charge is 0.423 e. The van der Waals surface area contributed by atoms with Crippen LogP contribution in [0, 0.1) is 5.92 Å². The topological polar surface area (TPSA) is 88.2 Å². The van der Waals surface area contributed by atoms with Crippen LogP contribution in [0.25, 0.3) is 11.5 Å². The fraction of sp³-hybridized carbons (Fsp3) is 0.400. The Balaban J connectivity index is 1.60. The Kier molecular flexibility index (Phi) is 3.96. The highest BCUT2D eigenvalue weighted by molar-refractivity contribution is 5.94. The molecule has 21 heavy (non-hydrogen) atoms. The van der Waals surface area contributed by atoms with Gasteiger partial charge in [0.25, 0.3) is 5.91 Å². The van der Waals surface area contributed by atoms with Gasteiger partial charge in [-0.3, -0.25) is 4.79 Å². The third kappa shape index (κ3) is 3.11. The van der Waals surface area contributed by atoms with Crippen LogP contribution in [0.1, 0.15) is 29.6 Å². The molecular weight excluding hydrogens is 270 g/mol. The number of carbonyl (C=O) groups excluding carboxylic acids is 1. The van der Waals surface area contributed by atoms with E-state index in [-0.39, 0.29) is 17.9 Å². The molecule has 110 valence electrons. The van der Waals surface area contributed by atoms with Crippen molar-refractivity contribution in [3.8, 4) is 11.5 Å². The molecule has 1 aromatic heterocycles. The van der Waals surface area contributed by atoms with Crippen molar-refractivity contribution in [2.45, 2.75) is 25.4 Å². The van der Waals surface area contributed by atoms with Crippen molar-refractivity contribution in [2.75, 3.05) is 6.54 Å². The number of rotatable bonds is 4. The lowest BCUT2D eigenvalue weighted by Gasteiger charge is -2.15. The first-order chi connectivity index (χ1) is 10.2. The van der Waals surface area contributed by atoms with E-state index in [1.165, 1.54) is 6.39 Å². The van der Waals surface area contributed by atoms with Crippen molar-refractivity contribution in [3.63, 3.8) is 0 Å². The van der Waals surface area contributed by atoms with Gasteiger partial charge >= 0.3 is 0 Å². The second kappa shape index (κ2) is 6.05. The number of aromatic nitrogens is 2. The molecule has 2 N–H and O–H groups in total. The second-order valence-corrected chi connectivity index (χ2v) is 5.29. The van der Waals surface area contributed by atoms with Gasteiger partial charge in [0, 0.05) is 23.6 Å². The monoisotopic (exact) mass is 287 g/mol. The van der Waals surface area contributed by atoms with Crippen LogP contribution in [0.2, 0.25) is 0 Å². The van der Waals surface area contributed by atoms with E-state index in [9.17, 15) is 9.90 Å². The number of carbonyl (C=O) groups is 1. The van der Waals surface area contributed by atoms with E-state index in [0.29, 0.717) is 18.0 Å². The predicted molar refractivity (Wildman–Crippen MR) is 75.4 cm³/mol. The van der Waals surface area contributed by atoms with Crippen LogP contribution in [-0.4, -0.2) is 33.9 Å². The summed E-state index contributed by atoms with van der Waals surface area (Å²) in [4.78, 5) is 12.1. The van der Waals surface area contributed by atoms with Gasteiger partial charge in [0.2, 0.25) is 12.3 Å². The zero-order chi connectivity index (χ0) is 14.7. The summed E-state index contributed by atoms with van der Waals surface area (Å²) in [5.41, 5.74) is 1.35. The van der Waals surface area contributed by atoms with Gasteiger partial charge in [-0.1, -0.05) is 6.42 Å². The molecule has 6 heteroatoms. The average Bonchev–Trinajstić information content (AvgIpc) is 3.17. The molecule has 0 aliphatic heterocycles. The maximum Gasteiger partial charge on any atom is 0.251 e. The Morgan fingerprint density at radius 1 is 1.33 bits per heavy atom. The Labute approximate surface area is 122 Å². The minimum absolute atomic E-state index is 0.133. The molecule has 1 aliphatic rings. The van der Waals surface area contributed by atoms with Gasteiger partial charge in [-0.15, -0.1) is 10.2 Å². The first kappa shape index (κ1) is 13.8. The average molecular weight is 287 g/mol. The number of aliphatic hydroxyl groups is 1. The third-order valence-electron chi connectivity index (χ3n) is 3.90. The number of benzene rings is 1. The molecule has 1 saturated carbocycles. The molecule has 1 heterocycles. The Morgan fingerprint density at radius 2 is 2.14 bits per heavy atom. The summed E-state index contributed by atoms with van der Waals surface area (Å²) in [6.45, 7) is 0.519. The van der Waals surface area contributed by atoms with E-state index in [1.807, 2.05) is 0 Å². The van der Waals surface area contributed by atoms with Crippen molar-refractivity contribution < 1.29 is 14.3 Å². The number of amides is 1. The maximum absolute atomic E-state index is 12.1. The van der Waals surface area contributed by atoms with Gasteiger partial charge in [0.05, 0.1) is 6.10 Å². The van der Waals surface area contributed by atoms with E-state index in [2.05, 4.69) is 15.5 Å². The molecule has 1 aromatic carbocycles. The molecule has 1 aliphatic carbocycles. The molecule has 3 rings (SSSR count). The van der Waals surface area contributed by atoms with Gasteiger partial charge in [0.1, 0.15) is 0 Å². The fourth-order valence-corrected chi connectivity index (χ4v) is 2.64. The smallest absolute Gasteiger partial charge is 0.251 e. The summed E-state index contributed by atoms with van der Waals surface area (Å²) in [6.07, 6.45) is 3.81. The van der Waals surface area contributed by atoms with Gasteiger partial charge in [-0.2, -0.15) is 0 Å². The first-order valence-corrected chi connectivity index (χ1v) is 7.07. The van der Waals surface area contributed by atoms with Crippen molar-refractivity contribution in [2.24, 2.45) is 5.92 Å². The molecular formula is C15H17N3O3. The Morgan fingerprint density at radius 3 is 2.76 bits per heavy atom. The number of nitrogens with one attached hydrogen (secondary N) is 1. The molecule has 0 bridgehead atoms. The van der Waals surface area contributed by atoms with Gasteiger partial charge in [-0.25, -0.2) is 0 Å². The highest BCUT2D eigenvalue weighted by atomic mass is 16.4. The molecule has 0 radical (unpaired) electrons. The summed E-state index contributed by atoms with van der Waals surface area (Å²) < 4.78 is 5.10. The highest BCUT2D eigenvalue weighted by Crippen LogP contribution is 2.24. The minimum atomic E-state index is -0.287. The fourth-order valence-electron chi connectivity index (χ4n) is 2.64. The van der Waals surface area contributed by atoms with E-state index in [0.717, 1.165) is 24.8 Å². The second-order valence-electron chi connectivity index (χ2n) is 5.29. The zero-order valence-corrected chi connectivity index (χ0v) is 11.5. The molecule has 0 spiro atoms. The van der Waals surface area contributed by atoms with Crippen molar-refractivity contribution >= 4 is 5.91 Å². The van der Waals surface area contributed by atoms with E-state index in [1.54, 1.807) is 24.3 Å². The summed E-state index contributed by atoms with van der Waals surface area (Å²) in [6, 6.07) is 6.99. The van der Waals surface area contributed by atoms with Crippen LogP contribution in [0.4, 0.5) is 0 Å². The van der Waals surface area contributed by atoms with Crippen molar-refractivity contribution in [3.05, 3.63) is 36.2 Å². The van der Waals surface area contributed by atoms with Crippen LogP contribution in [0.3, 0.4) is 0 Å². The zero-order valence-electron chi connectivity index (χ0n) is 11.5. The number of nitrogens with zero attached hydrogens (tertiary/aromatic N) is 2. The van der Waals surface area contributed by atoms with Crippen LogP contribution in [0.5, 0.6) is 0 Å². The summed E-state index contributed by atoms with van der Waals surface area (Å²) in [7, 11) is 0. The third-order valence-corrected chi connectivity index (χ3v) is 3.90.